The van der Waals surface area contributed by atoms with Gasteiger partial charge in [0.15, 0.2) is 0 Å². The standard InChI is InChI=1S/C12H16N2O2/c1-9(10-3-5-11(13)6-4-10)14-7-2-8-16-12(14)15/h3-6,9H,2,7-8,13H2,1H3. The van der Waals surface area contributed by atoms with Gasteiger partial charge in [0.05, 0.1) is 12.6 Å². The fourth-order valence-electron chi connectivity index (χ4n) is 1.87. The Bertz CT molecular complexity index is 375. The second-order valence-electron chi connectivity index (χ2n) is 4.00. The number of carbonyl (C=O) groups is 1. The first-order valence-corrected chi connectivity index (χ1v) is 5.47. The summed E-state index contributed by atoms with van der Waals surface area (Å²) in [7, 11) is 0. The third-order valence-electron chi connectivity index (χ3n) is 2.89. The molecular weight excluding hydrogens is 204 g/mol. The molecule has 0 saturated carbocycles. The normalized spacial score (nSPS) is 18.1. The molecule has 2 N–H and O–H groups in total. The Morgan fingerprint density at radius 3 is 2.69 bits per heavy atom. The van der Waals surface area contributed by atoms with Gasteiger partial charge in [-0.2, -0.15) is 0 Å². The van der Waals surface area contributed by atoms with Crippen LogP contribution in [0.15, 0.2) is 24.3 Å². The number of nitrogens with two attached hydrogens (primary N) is 1. The third kappa shape index (κ3) is 2.10. The molecule has 1 amide bonds. The molecule has 1 aromatic rings. The monoisotopic (exact) mass is 220 g/mol. The Morgan fingerprint density at radius 1 is 1.38 bits per heavy atom. The van der Waals surface area contributed by atoms with E-state index in [1.54, 1.807) is 4.90 Å². The van der Waals surface area contributed by atoms with Gasteiger partial charge in [-0.05, 0) is 31.0 Å². The predicted octanol–water partition coefficient (Wildman–Crippen LogP) is 2.17. The zero-order chi connectivity index (χ0) is 11.5. The highest BCUT2D eigenvalue weighted by Gasteiger charge is 2.25. The number of cyclic esters (lactones) is 1. The van der Waals surface area contributed by atoms with E-state index in [1.165, 1.54) is 0 Å². The lowest BCUT2D eigenvalue weighted by Crippen LogP contribution is -2.39. The summed E-state index contributed by atoms with van der Waals surface area (Å²) in [6.07, 6.45) is 0.668. The van der Waals surface area contributed by atoms with E-state index in [2.05, 4.69) is 0 Å². The van der Waals surface area contributed by atoms with Crippen LogP contribution in [0.2, 0.25) is 0 Å². The van der Waals surface area contributed by atoms with Crippen LogP contribution >= 0.6 is 0 Å². The smallest absolute Gasteiger partial charge is 0.410 e. The molecule has 16 heavy (non-hydrogen) atoms. The van der Waals surface area contributed by atoms with E-state index in [-0.39, 0.29) is 12.1 Å². The van der Waals surface area contributed by atoms with E-state index < -0.39 is 0 Å². The number of carbonyl (C=O) groups excluding carboxylic acids is 1. The average Bonchev–Trinajstić information content (AvgIpc) is 2.30. The molecule has 1 heterocycles. The SMILES string of the molecule is CC(c1ccc(N)cc1)N1CCCOC1=O. The first kappa shape index (κ1) is 10.8. The first-order chi connectivity index (χ1) is 7.68. The van der Waals surface area contributed by atoms with Crippen molar-refractivity contribution in [1.82, 2.24) is 4.90 Å². The highest BCUT2D eigenvalue weighted by molar-refractivity contribution is 5.69. The van der Waals surface area contributed by atoms with Gasteiger partial charge in [0.1, 0.15) is 0 Å². The molecular formula is C12H16N2O2. The summed E-state index contributed by atoms with van der Waals surface area (Å²) in [5, 5.41) is 0. The largest absolute Gasteiger partial charge is 0.449 e. The van der Waals surface area contributed by atoms with Gasteiger partial charge in [-0.25, -0.2) is 4.79 Å². The summed E-state index contributed by atoms with van der Waals surface area (Å²) in [4.78, 5) is 13.3. The quantitative estimate of drug-likeness (QED) is 0.777. The fourth-order valence-corrected chi connectivity index (χ4v) is 1.87. The third-order valence-corrected chi connectivity index (χ3v) is 2.89. The van der Waals surface area contributed by atoms with Gasteiger partial charge in [0.2, 0.25) is 0 Å². The summed E-state index contributed by atoms with van der Waals surface area (Å²) in [5.74, 6) is 0. The number of nitrogens with zero attached hydrogens (tertiary/aromatic N) is 1. The number of anilines is 1. The molecule has 86 valence electrons. The van der Waals surface area contributed by atoms with Crippen molar-refractivity contribution in [1.29, 1.82) is 0 Å². The Labute approximate surface area is 95.0 Å². The van der Waals surface area contributed by atoms with Crippen LogP contribution in [0.5, 0.6) is 0 Å². The number of hydrogen-bond acceptors (Lipinski definition) is 3. The molecule has 1 unspecified atom stereocenters. The number of ether oxygens (including phenoxy) is 1. The van der Waals surface area contributed by atoms with Crippen LogP contribution in [0, 0.1) is 0 Å². The summed E-state index contributed by atoms with van der Waals surface area (Å²) in [6.45, 7) is 3.28. The highest BCUT2D eigenvalue weighted by atomic mass is 16.6. The molecule has 0 spiro atoms. The lowest BCUT2D eigenvalue weighted by Gasteiger charge is -2.32. The van der Waals surface area contributed by atoms with Crippen LogP contribution in [-0.4, -0.2) is 24.1 Å². The van der Waals surface area contributed by atoms with Gasteiger partial charge >= 0.3 is 6.09 Å². The van der Waals surface area contributed by atoms with Crippen molar-refractivity contribution < 1.29 is 9.53 Å². The second kappa shape index (κ2) is 4.43. The van der Waals surface area contributed by atoms with Gasteiger partial charge in [-0.3, -0.25) is 0 Å². The summed E-state index contributed by atoms with van der Waals surface area (Å²) in [5.41, 5.74) is 7.44. The molecule has 0 aliphatic carbocycles. The van der Waals surface area contributed by atoms with Crippen molar-refractivity contribution in [2.75, 3.05) is 18.9 Å². The molecule has 4 heteroatoms. The van der Waals surface area contributed by atoms with Crippen molar-refractivity contribution in [2.24, 2.45) is 0 Å². The molecule has 0 radical (unpaired) electrons. The van der Waals surface area contributed by atoms with Crippen LogP contribution in [0.4, 0.5) is 10.5 Å². The molecule has 1 aliphatic rings. The van der Waals surface area contributed by atoms with Crippen molar-refractivity contribution in [3.8, 4) is 0 Å². The van der Waals surface area contributed by atoms with Crippen LogP contribution in [0.3, 0.4) is 0 Å². The zero-order valence-corrected chi connectivity index (χ0v) is 9.35. The Morgan fingerprint density at radius 2 is 2.06 bits per heavy atom. The van der Waals surface area contributed by atoms with E-state index in [0.717, 1.165) is 24.2 Å². The second-order valence-corrected chi connectivity index (χ2v) is 4.00. The van der Waals surface area contributed by atoms with Gasteiger partial charge in [-0.1, -0.05) is 12.1 Å². The van der Waals surface area contributed by atoms with Gasteiger partial charge in [0, 0.05) is 12.2 Å². The number of amides is 1. The average molecular weight is 220 g/mol. The predicted molar refractivity (Wildman–Crippen MR) is 61.9 cm³/mol. The van der Waals surface area contributed by atoms with Crippen molar-refractivity contribution in [3.63, 3.8) is 0 Å². The topological polar surface area (TPSA) is 55.6 Å². The van der Waals surface area contributed by atoms with Gasteiger partial charge in [0.25, 0.3) is 0 Å². The van der Waals surface area contributed by atoms with Gasteiger partial charge < -0.3 is 15.4 Å². The molecule has 2 rings (SSSR count). The van der Waals surface area contributed by atoms with Crippen molar-refractivity contribution in [3.05, 3.63) is 29.8 Å². The summed E-state index contributed by atoms with van der Waals surface area (Å²) in [6, 6.07) is 7.62. The number of rotatable bonds is 2. The molecule has 0 bridgehead atoms. The maximum atomic E-state index is 11.6. The number of hydrogen-bond donors (Lipinski definition) is 1. The number of benzene rings is 1. The first-order valence-electron chi connectivity index (χ1n) is 5.47. The number of nitrogen functional groups attached to an aromatic ring is 1. The van der Waals surface area contributed by atoms with Crippen LogP contribution in [0.25, 0.3) is 0 Å². The lowest BCUT2D eigenvalue weighted by molar-refractivity contribution is 0.0580. The van der Waals surface area contributed by atoms with E-state index in [1.807, 2.05) is 31.2 Å². The highest BCUT2D eigenvalue weighted by Crippen LogP contribution is 2.23. The van der Waals surface area contributed by atoms with E-state index in [9.17, 15) is 4.79 Å². The van der Waals surface area contributed by atoms with Gasteiger partial charge in [-0.15, -0.1) is 0 Å². The Kier molecular flexibility index (Phi) is 2.99. The Hall–Kier alpha value is -1.71. The van der Waals surface area contributed by atoms with Crippen molar-refractivity contribution in [2.45, 2.75) is 19.4 Å². The van der Waals surface area contributed by atoms with Crippen LogP contribution < -0.4 is 5.73 Å². The maximum absolute atomic E-state index is 11.6. The van der Waals surface area contributed by atoms with Crippen LogP contribution in [-0.2, 0) is 4.74 Å². The van der Waals surface area contributed by atoms with E-state index in [0.29, 0.717) is 6.61 Å². The maximum Gasteiger partial charge on any atom is 0.410 e. The summed E-state index contributed by atoms with van der Waals surface area (Å²) < 4.78 is 5.02. The molecule has 1 aliphatic heterocycles. The van der Waals surface area contributed by atoms with E-state index >= 15 is 0 Å². The fraction of sp³-hybridized carbons (Fsp3) is 0.417. The van der Waals surface area contributed by atoms with E-state index in [4.69, 9.17) is 10.5 Å². The van der Waals surface area contributed by atoms with Crippen molar-refractivity contribution >= 4 is 11.8 Å². The minimum atomic E-state index is -0.226. The lowest BCUT2D eigenvalue weighted by atomic mass is 10.1. The molecule has 4 nitrogen and oxygen atoms in total. The molecule has 1 aromatic carbocycles. The molecule has 0 aromatic heterocycles. The molecule has 1 fully saturated rings. The summed E-state index contributed by atoms with van der Waals surface area (Å²) >= 11 is 0. The minimum Gasteiger partial charge on any atom is -0.449 e. The minimum absolute atomic E-state index is 0.0356. The van der Waals surface area contributed by atoms with Crippen LogP contribution in [0.1, 0.15) is 24.9 Å². The Balaban J connectivity index is 2.14. The zero-order valence-electron chi connectivity index (χ0n) is 9.35. The molecule has 1 atom stereocenters. The molecule has 1 saturated heterocycles.